The molecule has 0 fully saturated rings. The molecular formula is C16H17ClFNO2. The molecule has 0 amide bonds. The van der Waals surface area contributed by atoms with Crippen molar-refractivity contribution in [2.45, 2.75) is 19.6 Å². The van der Waals surface area contributed by atoms with Gasteiger partial charge in [0.1, 0.15) is 23.9 Å². The predicted octanol–water partition coefficient (Wildman–Crippen LogP) is 4.09. The summed E-state index contributed by atoms with van der Waals surface area (Å²) in [5.41, 5.74) is 7.13. The summed E-state index contributed by atoms with van der Waals surface area (Å²) in [4.78, 5) is 0. The van der Waals surface area contributed by atoms with Crippen LogP contribution in [0.15, 0.2) is 36.4 Å². The van der Waals surface area contributed by atoms with E-state index in [9.17, 15) is 4.39 Å². The molecule has 2 rings (SSSR count). The van der Waals surface area contributed by atoms with Gasteiger partial charge in [-0.05, 0) is 19.1 Å². The van der Waals surface area contributed by atoms with Gasteiger partial charge in [0.2, 0.25) is 0 Å². The highest BCUT2D eigenvalue weighted by molar-refractivity contribution is 6.30. The fraction of sp³-hybridized carbons (Fsp3) is 0.250. The number of methoxy groups -OCH3 is 1. The molecule has 0 radical (unpaired) electrons. The van der Waals surface area contributed by atoms with Crippen molar-refractivity contribution in [3.63, 3.8) is 0 Å². The van der Waals surface area contributed by atoms with Gasteiger partial charge in [-0.1, -0.05) is 29.8 Å². The molecule has 0 aliphatic carbocycles. The predicted molar refractivity (Wildman–Crippen MR) is 81.3 cm³/mol. The Morgan fingerprint density at radius 1 is 1.29 bits per heavy atom. The standard InChI is InChI=1S/C16H17ClFNO2/c1-10(19)13-7-6-12(20-2)8-15(13)21-9-11-4-3-5-14(17)16(11)18/h3-8,10H,9,19H2,1-2H3/t10-/m0/s1. The topological polar surface area (TPSA) is 44.5 Å². The molecule has 0 bridgehead atoms. The van der Waals surface area contributed by atoms with Crippen molar-refractivity contribution in [1.82, 2.24) is 0 Å². The number of ether oxygens (including phenoxy) is 2. The summed E-state index contributed by atoms with van der Waals surface area (Å²) in [7, 11) is 1.57. The monoisotopic (exact) mass is 309 g/mol. The summed E-state index contributed by atoms with van der Waals surface area (Å²) in [5, 5.41) is 0.0779. The van der Waals surface area contributed by atoms with E-state index in [4.69, 9.17) is 26.8 Å². The molecule has 112 valence electrons. The van der Waals surface area contributed by atoms with Crippen molar-refractivity contribution in [1.29, 1.82) is 0 Å². The summed E-state index contributed by atoms with van der Waals surface area (Å²) in [5.74, 6) is 0.758. The molecular weight excluding hydrogens is 293 g/mol. The van der Waals surface area contributed by atoms with E-state index in [-0.39, 0.29) is 17.7 Å². The van der Waals surface area contributed by atoms with Gasteiger partial charge in [-0.2, -0.15) is 0 Å². The zero-order chi connectivity index (χ0) is 15.4. The Bertz CT molecular complexity index is 632. The molecule has 0 aromatic heterocycles. The summed E-state index contributed by atoms with van der Waals surface area (Å²) in [6.07, 6.45) is 0. The zero-order valence-electron chi connectivity index (χ0n) is 11.9. The largest absolute Gasteiger partial charge is 0.497 e. The van der Waals surface area contributed by atoms with Gasteiger partial charge in [-0.25, -0.2) is 4.39 Å². The van der Waals surface area contributed by atoms with E-state index in [1.54, 1.807) is 25.3 Å². The summed E-state index contributed by atoms with van der Waals surface area (Å²) in [6.45, 7) is 1.92. The summed E-state index contributed by atoms with van der Waals surface area (Å²) < 4.78 is 24.7. The van der Waals surface area contributed by atoms with Crippen molar-refractivity contribution in [3.05, 3.63) is 58.4 Å². The van der Waals surface area contributed by atoms with Gasteiger partial charge < -0.3 is 15.2 Å². The van der Waals surface area contributed by atoms with Gasteiger partial charge in [0.05, 0.1) is 12.1 Å². The second kappa shape index (κ2) is 6.78. The van der Waals surface area contributed by atoms with Crippen LogP contribution in [-0.2, 0) is 6.61 Å². The molecule has 2 aromatic rings. The molecule has 0 heterocycles. The normalized spacial score (nSPS) is 12.0. The van der Waals surface area contributed by atoms with Gasteiger partial charge in [-0.3, -0.25) is 0 Å². The van der Waals surface area contributed by atoms with Crippen LogP contribution in [0.4, 0.5) is 4.39 Å². The van der Waals surface area contributed by atoms with Crippen LogP contribution >= 0.6 is 11.6 Å². The maximum atomic E-state index is 13.8. The third kappa shape index (κ3) is 3.65. The van der Waals surface area contributed by atoms with Crippen LogP contribution in [0.5, 0.6) is 11.5 Å². The number of hydrogen-bond donors (Lipinski definition) is 1. The van der Waals surface area contributed by atoms with Crippen LogP contribution in [0.25, 0.3) is 0 Å². The smallest absolute Gasteiger partial charge is 0.148 e. The lowest BCUT2D eigenvalue weighted by Crippen LogP contribution is -2.08. The third-order valence-corrected chi connectivity index (χ3v) is 3.42. The Labute approximate surface area is 128 Å². The quantitative estimate of drug-likeness (QED) is 0.905. The molecule has 0 aliphatic rings. The van der Waals surface area contributed by atoms with Crippen LogP contribution in [0.3, 0.4) is 0 Å². The fourth-order valence-electron chi connectivity index (χ4n) is 1.96. The van der Waals surface area contributed by atoms with Gasteiger partial charge in [0, 0.05) is 23.2 Å². The van der Waals surface area contributed by atoms with Crippen LogP contribution in [0.2, 0.25) is 5.02 Å². The van der Waals surface area contributed by atoms with Crippen LogP contribution in [-0.4, -0.2) is 7.11 Å². The summed E-state index contributed by atoms with van der Waals surface area (Å²) in [6, 6.07) is 10.0. The van der Waals surface area contributed by atoms with Gasteiger partial charge in [0.15, 0.2) is 0 Å². The minimum absolute atomic E-state index is 0.0687. The number of nitrogens with two attached hydrogens (primary N) is 1. The molecule has 0 aliphatic heterocycles. The lowest BCUT2D eigenvalue weighted by molar-refractivity contribution is 0.293. The van der Waals surface area contributed by atoms with E-state index < -0.39 is 5.82 Å². The van der Waals surface area contributed by atoms with Crippen LogP contribution in [0, 0.1) is 5.82 Å². The Kier molecular flexibility index (Phi) is 5.04. The van der Waals surface area contributed by atoms with Gasteiger partial charge in [-0.15, -0.1) is 0 Å². The van der Waals surface area contributed by atoms with E-state index in [2.05, 4.69) is 0 Å². The Morgan fingerprint density at radius 2 is 2.05 bits per heavy atom. The Hall–Kier alpha value is -1.78. The second-order valence-electron chi connectivity index (χ2n) is 4.69. The average molecular weight is 310 g/mol. The molecule has 0 spiro atoms. The first kappa shape index (κ1) is 15.6. The average Bonchev–Trinajstić information content (AvgIpc) is 2.48. The summed E-state index contributed by atoms with van der Waals surface area (Å²) >= 11 is 5.75. The molecule has 2 N–H and O–H groups in total. The van der Waals surface area contributed by atoms with E-state index in [1.165, 1.54) is 6.07 Å². The second-order valence-corrected chi connectivity index (χ2v) is 5.10. The van der Waals surface area contributed by atoms with E-state index in [0.717, 1.165) is 5.56 Å². The molecule has 0 unspecified atom stereocenters. The molecule has 5 heteroatoms. The lowest BCUT2D eigenvalue weighted by Gasteiger charge is -2.15. The number of rotatable bonds is 5. The SMILES string of the molecule is COc1ccc([C@H](C)N)c(OCc2cccc(Cl)c2F)c1. The molecule has 2 aromatic carbocycles. The maximum Gasteiger partial charge on any atom is 0.148 e. The zero-order valence-corrected chi connectivity index (χ0v) is 12.7. The Morgan fingerprint density at radius 3 is 2.71 bits per heavy atom. The Balaban J connectivity index is 2.24. The van der Waals surface area contributed by atoms with Crippen molar-refractivity contribution >= 4 is 11.6 Å². The fourth-order valence-corrected chi connectivity index (χ4v) is 2.15. The van der Waals surface area contributed by atoms with E-state index >= 15 is 0 Å². The minimum atomic E-state index is -0.468. The minimum Gasteiger partial charge on any atom is -0.497 e. The first-order chi connectivity index (χ1) is 10.0. The molecule has 3 nitrogen and oxygen atoms in total. The number of halogens is 2. The van der Waals surface area contributed by atoms with Crippen LogP contribution in [0.1, 0.15) is 24.1 Å². The lowest BCUT2D eigenvalue weighted by atomic mass is 10.1. The first-order valence-corrected chi connectivity index (χ1v) is 6.90. The highest BCUT2D eigenvalue weighted by Gasteiger charge is 2.12. The van der Waals surface area contributed by atoms with E-state index in [0.29, 0.717) is 17.1 Å². The van der Waals surface area contributed by atoms with E-state index in [1.807, 2.05) is 19.1 Å². The third-order valence-electron chi connectivity index (χ3n) is 3.13. The van der Waals surface area contributed by atoms with Crippen molar-refractivity contribution in [2.24, 2.45) is 5.73 Å². The molecule has 21 heavy (non-hydrogen) atoms. The van der Waals surface area contributed by atoms with Gasteiger partial charge in [0.25, 0.3) is 0 Å². The highest BCUT2D eigenvalue weighted by atomic mass is 35.5. The molecule has 0 saturated carbocycles. The maximum absolute atomic E-state index is 13.8. The van der Waals surface area contributed by atoms with Gasteiger partial charge >= 0.3 is 0 Å². The highest BCUT2D eigenvalue weighted by Crippen LogP contribution is 2.29. The molecule has 1 atom stereocenters. The number of benzene rings is 2. The van der Waals surface area contributed by atoms with Crippen molar-refractivity contribution in [3.8, 4) is 11.5 Å². The van der Waals surface area contributed by atoms with Crippen LogP contribution < -0.4 is 15.2 Å². The van der Waals surface area contributed by atoms with Crippen molar-refractivity contribution < 1.29 is 13.9 Å². The number of hydrogen-bond acceptors (Lipinski definition) is 3. The first-order valence-electron chi connectivity index (χ1n) is 6.52. The molecule has 0 saturated heterocycles. The van der Waals surface area contributed by atoms with Crippen molar-refractivity contribution in [2.75, 3.05) is 7.11 Å².